The number of likely N-dealkylation sites (N-methyl/N-ethyl adjacent to an activating group) is 1. The van der Waals surface area contributed by atoms with Gasteiger partial charge in [0.1, 0.15) is 12.6 Å². The zero-order valence-corrected chi connectivity index (χ0v) is 24.3. The third-order valence-electron chi connectivity index (χ3n) is 5.72. The Morgan fingerprint density at radius 3 is 2.05 bits per heavy atom. The Morgan fingerprint density at radius 1 is 0.868 bits per heavy atom. The second-order valence-corrected chi connectivity index (χ2v) is 12.0. The van der Waals surface area contributed by atoms with Gasteiger partial charge in [0.05, 0.1) is 27.0 Å². The van der Waals surface area contributed by atoms with E-state index >= 15 is 0 Å². The minimum absolute atomic E-state index is 0.00554. The number of nitrogens with zero attached hydrogens (tertiary/aromatic N) is 2. The van der Waals surface area contributed by atoms with E-state index in [1.165, 1.54) is 24.1 Å². The molecule has 0 fully saturated rings. The number of carbonyl (C=O) groups is 2. The van der Waals surface area contributed by atoms with E-state index in [0.717, 1.165) is 16.1 Å². The lowest BCUT2D eigenvalue weighted by Crippen LogP contribution is -2.52. The van der Waals surface area contributed by atoms with Gasteiger partial charge in [-0.25, -0.2) is 8.42 Å². The van der Waals surface area contributed by atoms with Crippen molar-refractivity contribution in [2.75, 3.05) is 24.2 Å². The van der Waals surface area contributed by atoms with Crippen LogP contribution in [0.1, 0.15) is 11.1 Å². The maximum absolute atomic E-state index is 13.9. The lowest BCUT2D eigenvalue weighted by atomic mass is 10.0. The number of anilines is 1. The van der Waals surface area contributed by atoms with Crippen molar-refractivity contribution in [2.24, 2.45) is 0 Å². The smallest absolute Gasteiger partial charge is 0.244 e. The molecular formula is C26H25Cl4N3O4S. The molecule has 0 aliphatic heterocycles. The van der Waals surface area contributed by atoms with Gasteiger partial charge in [0.15, 0.2) is 0 Å². The summed E-state index contributed by atoms with van der Waals surface area (Å²) in [5.74, 6) is -1.04. The van der Waals surface area contributed by atoms with Gasteiger partial charge < -0.3 is 10.2 Å². The number of carbonyl (C=O) groups excluding carboxylic acids is 2. The molecule has 0 radical (unpaired) electrons. The van der Waals surface area contributed by atoms with Crippen molar-refractivity contribution < 1.29 is 18.0 Å². The Kier molecular flexibility index (Phi) is 10.3. The highest BCUT2D eigenvalue weighted by Gasteiger charge is 2.33. The average molecular weight is 617 g/mol. The van der Waals surface area contributed by atoms with Crippen LogP contribution in [0.5, 0.6) is 0 Å². The molecule has 0 bridgehead atoms. The largest absolute Gasteiger partial charge is 0.357 e. The lowest BCUT2D eigenvalue weighted by molar-refractivity contribution is -0.139. The number of hydrogen-bond acceptors (Lipinski definition) is 4. The summed E-state index contributed by atoms with van der Waals surface area (Å²) in [4.78, 5) is 28.3. The van der Waals surface area contributed by atoms with Crippen molar-refractivity contribution in [1.82, 2.24) is 10.2 Å². The summed E-state index contributed by atoms with van der Waals surface area (Å²) in [5, 5.41) is 3.32. The normalized spacial score (nSPS) is 12.1. The van der Waals surface area contributed by atoms with Crippen LogP contribution in [0, 0.1) is 0 Å². The van der Waals surface area contributed by atoms with Gasteiger partial charge in [-0.2, -0.15) is 0 Å². The Hall–Kier alpha value is -2.49. The number of amides is 2. The molecule has 0 heterocycles. The molecule has 202 valence electrons. The minimum Gasteiger partial charge on any atom is -0.357 e. The fourth-order valence-electron chi connectivity index (χ4n) is 3.81. The van der Waals surface area contributed by atoms with Crippen molar-refractivity contribution in [3.8, 4) is 0 Å². The Balaban J connectivity index is 2.06. The number of rotatable bonds is 10. The summed E-state index contributed by atoms with van der Waals surface area (Å²) < 4.78 is 26.5. The first-order chi connectivity index (χ1) is 17.9. The first kappa shape index (κ1) is 30.1. The van der Waals surface area contributed by atoms with Crippen LogP contribution >= 0.6 is 46.4 Å². The van der Waals surface area contributed by atoms with Gasteiger partial charge >= 0.3 is 0 Å². The highest BCUT2D eigenvalue weighted by Crippen LogP contribution is 2.35. The molecule has 3 aromatic carbocycles. The molecule has 1 atom stereocenters. The highest BCUT2D eigenvalue weighted by atomic mass is 35.5. The topological polar surface area (TPSA) is 86.8 Å². The number of nitrogens with one attached hydrogen (secondary N) is 1. The summed E-state index contributed by atoms with van der Waals surface area (Å²) in [7, 11) is -2.53. The van der Waals surface area contributed by atoms with E-state index in [1.807, 2.05) is 30.3 Å². The Bertz CT molecular complexity index is 1400. The van der Waals surface area contributed by atoms with Crippen molar-refractivity contribution in [3.05, 3.63) is 97.9 Å². The minimum atomic E-state index is -4.01. The van der Waals surface area contributed by atoms with Gasteiger partial charge in [0.25, 0.3) is 0 Å². The fourth-order valence-corrected chi connectivity index (χ4v) is 5.48. The van der Waals surface area contributed by atoms with Crippen molar-refractivity contribution in [3.63, 3.8) is 0 Å². The lowest BCUT2D eigenvalue weighted by Gasteiger charge is -2.33. The van der Waals surface area contributed by atoms with Gasteiger partial charge in [-0.1, -0.05) is 88.9 Å². The number of halogens is 4. The van der Waals surface area contributed by atoms with Gasteiger partial charge in [-0.3, -0.25) is 13.9 Å². The zero-order chi connectivity index (χ0) is 28.0. The molecule has 7 nitrogen and oxygen atoms in total. The molecule has 3 aromatic rings. The van der Waals surface area contributed by atoms with E-state index < -0.39 is 34.4 Å². The number of benzene rings is 3. The first-order valence-electron chi connectivity index (χ1n) is 11.3. The third kappa shape index (κ3) is 7.77. The summed E-state index contributed by atoms with van der Waals surface area (Å²) in [5.41, 5.74) is 1.51. The van der Waals surface area contributed by atoms with E-state index in [0.29, 0.717) is 10.6 Å². The molecule has 1 N–H and O–H groups in total. The van der Waals surface area contributed by atoms with Crippen LogP contribution in [0.25, 0.3) is 0 Å². The molecule has 3 rings (SSSR count). The van der Waals surface area contributed by atoms with Crippen LogP contribution in [0.15, 0.2) is 66.7 Å². The average Bonchev–Trinajstić information content (AvgIpc) is 2.87. The number of hydrogen-bond donors (Lipinski definition) is 1. The maximum Gasteiger partial charge on any atom is 0.244 e. The van der Waals surface area contributed by atoms with Gasteiger partial charge in [0.2, 0.25) is 21.8 Å². The summed E-state index contributed by atoms with van der Waals surface area (Å²) in [6.07, 6.45) is 1.15. The van der Waals surface area contributed by atoms with Crippen molar-refractivity contribution >= 4 is 73.9 Å². The van der Waals surface area contributed by atoms with Crippen LogP contribution in [0.3, 0.4) is 0 Å². The van der Waals surface area contributed by atoms with Crippen molar-refractivity contribution in [1.29, 1.82) is 0 Å². The maximum atomic E-state index is 13.9. The molecule has 0 aliphatic rings. The molecule has 0 aliphatic carbocycles. The van der Waals surface area contributed by atoms with Gasteiger partial charge in [-0.15, -0.1) is 0 Å². The van der Waals surface area contributed by atoms with E-state index in [1.54, 1.807) is 24.3 Å². The predicted octanol–water partition coefficient (Wildman–Crippen LogP) is 5.45. The molecule has 2 amide bonds. The fraction of sp³-hybridized carbons (Fsp3) is 0.231. The molecule has 0 unspecified atom stereocenters. The van der Waals surface area contributed by atoms with Crippen LogP contribution in [0.4, 0.5) is 5.69 Å². The van der Waals surface area contributed by atoms with E-state index in [4.69, 9.17) is 46.4 Å². The quantitative estimate of drug-likeness (QED) is 0.307. The third-order valence-corrected chi connectivity index (χ3v) is 8.12. The summed E-state index contributed by atoms with van der Waals surface area (Å²) in [6, 6.07) is 17.6. The SMILES string of the molecule is CNC(=O)[C@H](Cc1ccccc1)N(Cc1ccc(Cl)cc1)C(=O)CN(c1cc(Cl)c(Cl)cc1Cl)S(C)(=O)=O. The monoisotopic (exact) mass is 615 g/mol. The second kappa shape index (κ2) is 13.0. The zero-order valence-electron chi connectivity index (χ0n) is 20.5. The predicted molar refractivity (Wildman–Crippen MR) is 154 cm³/mol. The molecule has 0 spiro atoms. The summed E-state index contributed by atoms with van der Waals surface area (Å²) in [6.45, 7) is -0.611. The molecule has 12 heteroatoms. The van der Waals surface area contributed by atoms with Crippen LogP contribution < -0.4 is 9.62 Å². The van der Waals surface area contributed by atoms with E-state index in [9.17, 15) is 18.0 Å². The highest BCUT2D eigenvalue weighted by molar-refractivity contribution is 7.92. The Morgan fingerprint density at radius 2 is 1.47 bits per heavy atom. The van der Waals surface area contributed by atoms with Crippen LogP contribution in [0.2, 0.25) is 20.1 Å². The number of sulfonamides is 1. The second-order valence-electron chi connectivity index (χ2n) is 8.46. The van der Waals surface area contributed by atoms with Gasteiger partial charge in [0, 0.05) is 25.0 Å². The van der Waals surface area contributed by atoms with Crippen LogP contribution in [-0.2, 0) is 32.6 Å². The summed E-state index contributed by atoms with van der Waals surface area (Å²) >= 11 is 24.5. The van der Waals surface area contributed by atoms with Crippen LogP contribution in [-0.4, -0.2) is 51.0 Å². The standard InChI is InChI=1S/C26H25Cl4N3O4S/c1-31-26(35)24(12-17-6-4-3-5-7-17)32(15-18-8-10-19(27)11-9-18)25(34)16-33(38(2,36)37)23-14-21(29)20(28)13-22(23)30/h3-11,13-14,24H,12,15-16H2,1-2H3,(H,31,35)/t24-/m0/s1. The first-order valence-corrected chi connectivity index (χ1v) is 14.7. The molecule has 0 saturated carbocycles. The molecule has 0 saturated heterocycles. The van der Waals surface area contributed by atoms with E-state index in [2.05, 4.69) is 5.32 Å². The molecular weight excluding hydrogens is 592 g/mol. The molecule has 0 aromatic heterocycles. The van der Waals surface area contributed by atoms with E-state index in [-0.39, 0.29) is 33.7 Å². The Labute approximate surface area is 242 Å². The molecule has 38 heavy (non-hydrogen) atoms. The van der Waals surface area contributed by atoms with Gasteiger partial charge in [-0.05, 0) is 35.4 Å². The van der Waals surface area contributed by atoms with Crippen molar-refractivity contribution in [2.45, 2.75) is 19.0 Å².